The van der Waals surface area contributed by atoms with Crippen LogP contribution >= 0.6 is 0 Å². The van der Waals surface area contributed by atoms with E-state index >= 15 is 0 Å². The molecular formula is C22H38O. The second-order valence-corrected chi connectivity index (χ2v) is 7.90. The van der Waals surface area contributed by atoms with Gasteiger partial charge in [-0.2, -0.15) is 0 Å². The van der Waals surface area contributed by atoms with Crippen LogP contribution in [0.1, 0.15) is 90.2 Å². The third kappa shape index (κ3) is 9.03. The van der Waals surface area contributed by atoms with E-state index in [0.29, 0.717) is 5.75 Å². The van der Waals surface area contributed by atoms with Crippen molar-refractivity contribution in [2.45, 2.75) is 91.9 Å². The lowest BCUT2D eigenvalue weighted by atomic mass is 9.95. The first-order valence-electron chi connectivity index (χ1n) is 9.80. The van der Waals surface area contributed by atoms with Gasteiger partial charge < -0.3 is 5.11 Å². The Hall–Kier alpha value is -0.980. The Balaban J connectivity index is 2.39. The summed E-state index contributed by atoms with van der Waals surface area (Å²) in [5.74, 6) is 2.13. The number of benzene rings is 1. The molecule has 0 fully saturated rings. The van der Waals surface area contributed by atoms with Crippen LogP contribution in [0.15, 0.2) is 18.2 Å². The first kappa shape index (κ1) is 20.1. The van der Waals surface area contributed by atoms with Gasteiger partial charge in [-0.1, -0.05) is 78.4 Å². The van der Waals surface area contributed by atoms with Crippen molar-refractivity contribution in [2.75, 3.05) is 0 Å². The zero-order valence-electron chi connectivity index (χ0n) is 15.9. The van der Waals surface area contributed by atoms with Gasteiger partial charge in [0.25, 0.3) is 0 Å². The molecule has 23 heavy (non-hydrogen) atoms. The summed E-state index contributed by atoms with van der Waals surface area (Å²) in [6.07, 6.45) is 12.5. The molecule has 1 rings (SSSR count). The van der Waals surface area contributed by atoms with Crippen LogP contribution in [0.25, 0.3) is 0 Å². The van der Waals surface area contributed by atoms with Crippen molar-refractivity contribution >= 4 is 0 Å². The van der Waals surface area contributed by atoms with E-state index in [0.717, 1.165) is 24.7 Å². The summed E-state index contributed by atoms with van der Waals surface area (Å²) in [6.45, 7) is 9.18. The molecular weight excluding hydrogens is 280 g/mol. The Bertz CT molecular complexity index is 420. The van der Waals surface area contributed by atoms with E-state index < -0.39 is 0 Å². The number of hydrogen-bond acceptors (Lipinski definition) is 1. The minimum absolute atomic E-state index is 0.508. The van der Waals surface area contributed by atoms with Gasteiger partial charge >= 0.3 is 0 Å². The second-order valence-electron chi connectivity index (χ2n) is 7.90. The van der Waals surface area contributed by atoms with Gasteiger partial charge in [0.2, 0.25) is 0 Å². The summed E-state index contributed by atoms with van der Waals surface area (Å²) in [7, 11) is 0. The molecule has 0 heterocycles. The molecule has 1 aromatic rings. The lowest BCUT2D eigenvalue weighted by Gasteiger charge is -2.12. The molecule has 0 aliphatic heterocycles. The highest BCUT2D eigenvalue weighted by Gasteiger charge is 2.08. The fourth-order valence-corrected chi connectivity index (χ4v) is 3.22. The van der Waals surface area contributed by atoms with E-state index in [1.807, 2.05) is 12.1 Å². The predicted molar refractivity (Wildman–Crippen MR) is 102 cm³/mol. The third-order valence-corrected chi connectivity index (χ3v) is 4.68. The van der Waals surface area contributed by atoms with Crippen LogP contribution in [0.2, 0.25) is 0 Å². The highest BCUT2D eigenvalue weighted by Crippen LogP contribution is 2.25. The van der Waals surface area contributed by atoms with Gasteiger partial charge in [-0.25, -0.2) is 0 Å². The molecule has 0 aliphatic carbocycles. The molecule has 0 saturated carbocycles. The Kier molecular flexibility index (Phi) is 10.1. The lowest BCUT2D eigenvalue weighted by Crippen LogP contribution is -1.97. The van der Waals surface area contributed by atoms with Crippen molar-refractivity contribution < 1.29 is 5.11 Å². The van der Waals surface area contributed by atoms with Crippen LogP contribution < -0.4 is 0 Å². The smallest absolute Gasteiger partial charge is 0.119 e. The van der Waals surface area contributed by atoms with E-state index in [9.17, 15) is 5.11 Å². The number of aromatic hydroxyl groups is 1. The summed E-state index contributed by atoms with van der Waals surface area (Å²) >= 11 is 0. The number of hydrogen-bond donors (Lipinski definition) is 1. The van der Waals surface area contributed by atoms with Crippen LogP contribution in [-0.2, 0) is 12.8 Å². The molecule has 0 radical (unpaired) electrons. The van der Waals surface area contributed by atoms with Gasteiger partial charge in [-0.15, -0.1) is 0 Å². The molecule has 1 aromatic carbocycles. The maximum Gasteiger partial charge on any atom is 0.119 e. The van der Waals surface area contributed by atoms with E-state index in [-0.39, 0.29) is 0 Å². The minimum atomic E-state index is 0.508. The monoisotopic (exact) mass is 318 g/mol. The van der Waals surface area contributed by atoms with Crippen LogP contribution in [0.3, 0.4) is 0 Å². The largest absolute Gasteiger partial charge is 0.508 e. The quantitative estimate of drug-likeness (QED) is 0.415. The molecule has 132 valence electrons. The molecule has 1 nitrogen and oxygen atoms in total. The maximum absolute atomic E-state index is 10.2. The van der Waals surface area contributed by atoms with E-state index in [1.165, 1.54) is 62.5 Å². The first-order chi connectivity index (χ1) is 11.0. The Morgan fingerprint density at radius 1 is 0.739 bits per heavy atom. The van der Waals surface area contributed by atoms with Crippen molar-refractivity contribution in [3.8, 4) is 5.75 Å². The van der Waals surface area contributed by atoms with Gasteiger partial charge in [0.15, 0.2) is 0 Å². The average molecular weight is 319 g/mol. The molecule has 0 spiro atoms. The number of aryl methyl sites for hydroxylation is 1. The summed E-state index contributed by atoms with van der Waals surface area (Å²) in [6, 6.07) is 6.07. The van der Waals surface area contributed by atoms with Crippen molar-refractivity contribution in [1.29, 1.82) is 0 Å². The zero-order valence-corrected chi connectivity index (χ0v) is 15.9. The molecule has 1 N–H and O–H groups in total. The first-order valence-corrected chi connectivity index (χ1v) is 9.80. The van der Waals surface area contributed by atoms with Crippen LogP contribution in [0.4, 0.5) is 0 Å². The van der Waals surface area contributed by atoms with Crippen molar-refractivity contribution in [2.24, 2.45) is 11.8 Å². The number of rotatable bonds is 12. The van der Waals surface area contributed by atoms with E-state index in [1.54, 1.807) is 0 Å². The summed E-state index contributed by atoms with van der Waals surface area (Å²) in [5.41, 5.74) is 2.58. The SMILES string of the molecule is CC(C)CCCCCc1cccc(O)c1CCCCCC(C)C. The fraction of sp³-hybridized carbons (Fsp3) is 0.727. The van der Waals surface area contributed by atoms with Crippen molar-refractivity contribution in [3.63, 3.8) is 0 Å². The Morgan fingerprint density at radius 2 is 1.30 bits per heavy atom. The standard InChI is InChI=1S/C22H38O/c1-18(2)12-7-5-9-14-20-15-11-17-22(23)21(20)16-10-6-8-13-19(3)4/h11,15,17-19,23H,5-10,12-14,16H2,1-4H3. The van der Waals surface area contributed by atoms with E-state index in [2.05, 4.69) is 33.8 Å². The molecule has 0 aliphatic rings. The van der Waals surface area contributed by atoms with Crippen molar-refractivity contribution in [1.82, 2.24) is 0 Å². The summed E-state index contributed by atoms with van der Waals surface area (Å²) in [5, 5.41) is 10.2. The molecule has 0 unspecified atom stereocenters. The van der Waals surface area contributed by atoms with Gasteiger partial charge in [-0.3, -0.25) is 0 Å². The normalized spacial score (nSPS) is 11.6. The molecule has 0 atom stereocenters. The van der Waals surface area contributed by atoms with Crippen molar-refractivity contribution in [3.05, 3.63) is 29.3 Å². The number of phenols is 1. The number of phenolic OH excluding ortho intramolecular Hbond substituents is 1. The predicted octanol–water partition coefficient (Wildman–Crippen LogP) is 6.91. The van der Waals surface area contributed by atoms with Gasteiger partial charge in [-0.05, 0) is 54.7 Å². The second kappa shape index (κ2) is 11.5. The van der Waals surface area contributed by atoms with Gasteiger partial charge in [0.1, 0.15) is 5.75 Å². The van der Waals surface area contributed by atoms with E-state index in [4.69, 9.17) is 0 Å². The third-order valence-electron chi connectivity index (χ3n) is 4.68. The minimum Gasteiger partial charge on any atom is -0.508 e. The molecule has 0 bridgehead atoms. The van der Waals surface area contributed by atoms with Gasteiger partial charge in [0, 0.05) is 0 Å². The van der Waals surface area contributed by atoms with Crippen LogP contribution in [0.5, 0.6) is 5.75 Å². The molecule has 0 amide bonds. The molecule has 1 heteroatoms. The maximum atomic E-state index is 10.2. The topological polar surface area (TPSA) is 20.2 Å². The molecule has 0 saturated heterocycles. The number of unbranched alkanes of at least 4 members (excludes halogenated alkanes) is 4. The van der Waals surface area contributed by atoms with Crippen LogP contribution in [-0.4, -0.2) is 5.11 Å². The zero-order chi connectivity index (χ0) is 17.1. The average Bonchev–Trinajstić information content (AvgIpc) is 2.48. The highest BCUT2D eigenvalue weighted by atomic mass is 16.3. The highest BCUT2D eigenvalue weighted by molar-refractivity contribution is 5.39. The fourth-order valence-electron chi connectivity index (χ4n) is 3.22. The Labute approximate surface area is 144 Å². The van der Waals surface area contributed by atoms with Crippen LogP contribution in [0, 0.1) is 11.8 Å². The summed E-state index contributed by atoms with van der Waals surface area (Å²) < 4.78 is 0. The lowest BCUT2D eigenvalue weighted by molar-refractivity contribution is 0.463. The Morgan fingerprint density at radius 3 is 1.87 bits per heavy atom. The molecule has 0 aromatic heterocycles. The van der Waals surface area contributed by atoms with Gasteiger partial charge in [0.05, 0.1) is 0 Å². The summed E-state index contributed by atoms with van der Waals surface area (Å²) in [4.78, 5) is 0.